The van der Waals surface area contributed by atoms with Crippen LogP contribution < -0.4 is 9.47 Å². The third kappa shape index (κ3) is 2.40. The molecule has 1 aliphatic rings. The number of thiophene rings is 1. The summed E-state index contributed by atoms with van der Waals surface area (Å²) < 4.78 is 11.3. The van der Waals surface area contributed by atoms with Crippen molar-refractivity contribution in [1.82, 2.24) is 0 Å². The number of fused-ring (bicyclic) bond motifs is 1. The fraction of sp³-hybridized carbons (Fsp3) is 0.286. The minimum absolute atomic E-state index is 0.257. The standard InChI is InChI=1S/C14H13BrO2S/c15-12(9-10-3-2-8-18-10)11-4-1-5-13-14(11)17-7-6-16-13/h1-5,8,12H,6-7,9H2. The molecule has 0 bridgehead atoms. The third-order valence-electron chi connectivity index (χ3n) is 2.89. The number of halogens is 1. The molecule has 3 rings (SSSR count). The lowest BCUT2D eigenvalue weighted by Gasteiger charge is -2.22. The van der Waals surface area contributed by atoms with Crippen LogP contribution in [0.3, 0.4) is 0 Å². The van der Waals surface area contributed by atoms with Crippen LogP contribution in [0, 0.1) is 0 Å². The van der Waals surface area contributed by atoms with E-state index in [-0.39, 0.29) is 4.83 Å². The van der Waals surface area contributed by atoms with Gasteiger partial charge in [-0.1, -0.05) is 34.1 Å². The van der Waals surface area contributed by atoms with Crippen molar-refractivity contribution in [1.29, 1.82) is 0 Å². The van der Waals surface area contributed by atoms with E-state index in [2.05, 4.69) is 39.5 Å². The lowest BCUT2D eigenvalue weighted by atomic mass is 10.1. The number of alkyl halides is 1. The number of benzene rings is 1. The minimum Gasteiger partial charge on any atom is -0.486 e. The number of para-hydroxylation sites is 1. The van der Waals surface area contributed by atoms with Crippen LogP contribution in [-0.2, 0) is 6.42 Å². The summed E-state index contributed by atoms with van der Waals surface area (Å²) in [5, 5.41) is 2.11. The molecule has 2 aromatic rings. The number of rotatable bonds is 3. The van der Waals surface area contributed by atoms with Gasteiger partial charge >= 0.3 is 0 Å². The Bertz CT molecular complexity index is 525. The Hall–Kier alpha value is -1.00. The van der Waals surface area contributed by atoms with Crippen LogP contribution >= 0.6 is 27.3 Å². The van der Waals surface area contributed by atoms with Gasteiger partial charge in [0.15, 0.2) is 11.5 Å². The summed E-state index contributed by atoms with van der Waals surface area (Å²) in [5.41, 5.74) is 1.17. The molecule has 1 unspecified atom stereocenters. The summed E-state index contributed by atoms with van der Waals surface area (Å²) in [4.78, 5) is 1.62. The largest absolute Gasteiger partial charge is 0.486 e. The van der Waals surface area contributed by atoms with Crippen LogP contribution in [-0.4, -0.2) is 13.2 Å². The third-order valence-corrected chi connectivity index (χ3v) is 4.61. The molecule has 94 valence electrons. The van der Waals surface area contributed by atoms with Gasteiger partial charge < -0.3 is 9.47 Å². The molecule has 1 aromatic heterocycles. The van der Waals surface area contributed by atoms with E-state index in [1.807, 2.05) is 12.1 Å². The summed E-state index contributed by atoms with van der Waals surface area (Å²) in [6.07, 6.45) is 0.970. The topological polar surface area (TPSA) is 18.5 Å². The molecule has 1 aliphatic heterocycles. The van der Waals surface area contributed by atoms with Crippen molar-refractivity contribution in [2.75, 3.05) is 13.2 Å². The second-order valence-corrected chi connectivity index (χ2v) is 6.26. The quantitative estimate of drug-likeness (QED) is 0.788. The Morgan fingerprint density at radius 2 is 2.06 bits per heavy atom. The van der Waals surface area contributed by atoms with E-state index in [0.717, 1.165) is 17.9 Å². The van der Waals surface area contributed by atoms with E-state index in [4.69, 9.17) is 9.47 Å². The molecule has 0 N–H and O–H groups in total. The fourth-order valence-corrected chi connectivity index (χ4v) is 3.73. The Morgan fingerprint density at radius 3 is 2.89 bits per heavy atom. The maximum absolute atomic E-state index is 5.74. The predicted molar refractivity (Wildman–Crippen MR) is 77.1 cm³/mol. The normalized spacial score (nSPS) is 15.4. The fourth-order valence-electron chi connectivity index (χ4n) is 2.06. The van der Waals surface area contributed by atoms with Crippen molar-refractivity contribution in [3.8, 4) is 11.5 Å². The highest BCUT2D eigenvalue weighted by molar-refractivity contribution is 9.09. The molecule has 0 amide bonds. The number of hydrogen-bond acceptors (Lipinski definition) is 3. The Balaban J connectivity index is 1.87. The molecular formula is C14H13BrO2S. The zero-order valence-electron chi connectivity index (χ0n) is 9.77. The van der Waals surface area contributed by atoms with Crippen molar-refractivity contribution >= 4 is 27.3 Å². The van der Waals surface area contributed by atoms with Gasteiger partial charge in [-0.25, -0.2) is 0 Å². The molecule has 1 aromatic carbocycles. The smallest absolute Gasteiger partial charge is 0.165 e. The molecule has 18 heavy (non-hydrogen) atoms. The van der Waals surface area contributed by atoms with Gasteiger partial charge in [0, 0.05) is 15.3 Å². The van der Waals surface area contributed by atoms with Gasteiger partial charge in [-0.05, 0) is 23.9 Å². The number of hydrogen-bond donors (Lipinski definition) is 0. The molecular weight excluding hydrogens is 312 g/mol. The summed E-state index contributed by atoms with van der Waals surface area (Å²) in [7, 11) is 0. The first-order valence-corrected chi connectivity index (χ1v) is 7.69. The van der Waals surface area contributed by atoms with E-state index in [1.54, 1.807) is 11.3 Å². The average Bonchev–Trinajstić information content (AvgIpc) is 2.91. The van der Waals surface area contributed by atoms with Crippen molar-refractivity contribution in [3.63, 3.8) is 0 Å². The van der Waals surface area contributed by atoms with Crippen molar-refractivity contribution in [3.05, 3.63) is 46.2 Å². The Morgan fingerprint density at radius 1 is 1.17 bits per heavy atom. The maximum Gasteiger partial charge on any atom is 0.165 e. The lowest BCUT2D eigenvalue weighted by molar-refractivity contribution is 0.170. The zero-order valence-corrected chi connectivity index (χ0v) is 12.2. The van der Waals surface area contributed by atoms with E-state index in [1.165, 1.54) is 10.4 Å². The first-order chi connectivity index (χ1) is 8.84. The monoisotopic (exact) mass is 324 g/mol. The zero-order chi connectivity index (χ0) is 12.4. The van der Waals surface area contributed by atoms with Crippen LogP contribution in [0.25, 0.3) is 0 Å². The highest BCUT2D eigenvalue weighted by atomic mass is 79.9. The van der Waals surface area contributed by atoms with Crippen molar-refractivity contribution in [2.45, 2.75) is 11.2 Å². The molecule has 2 heterocycles. The van der Waals surface area contributed by atoms with Gasteiger partial charge in [0.05, 0.1) is 0 Å². The lowest BCUT2D eigenvalue weighted by Crippen LogP contribution is -2.17. The molecule has 0 saturated heterocycles. The summed E-state index contributed by atoms with van der Waals surface area (Å²) in [6.45, 7) is 1.26. The highest BCUT2D eigenvalue weighted by Crippen LogP contribution is 2.41. The van der Waals surface area contributed by atoms with Gasteiger partial charge in [-0.2, -0.15) is 0 Å². The van der Waals surface area contributed by atoms with Crippen LogP contribution in [0.1, 0.15) is 15.3 Å². The minimum atomic E-state index is 0.257. The molecule has 0 spiro atoms. The maximum atomic E-state index is 5.74. The summed E-state index contributed by atoms with van der Waals surface area (Å²) >= 11 is 5.54. The summed E-state index contributed by atoms with van der Waals surface area (Å²) in [6, 6.07) is 10.3. The number of ether oxygens (including phenoxy) is 2. The predicted octanol–water partition coefficient (Wildman–Crippen LogP) is 4.20. The molecule has 4 heteroatoms. The molecule has 0 saturated carbocycles. The van der Waals surface area contributed by atoms with Gasteiger partial charge in [-0.15, -0.1) is 11.3 Å². The average molecular weight is 325 g/mol. The van der Waals surface area contributed by atoms with Crippen LogP contribution in [0.2, 0.25) is 0 Å². The Labute approximate surface area is 119 Å². The molecule has 0 radical (unpaired) electrons. The second kappa shape index (κ2) is 5.33. The van der Waals surface area contributed by atoms with Crippen molar-refractivity contribution in [2.24, 2.45) is 0 Å². The van der Waals surface area contributed by atoms with Crippen molar-refractivity contribution < 1.29 is 9.47 Å². The van der Waals surface area contributed by atoms with E-state index in [9.17, 15) is 0 Å². The molecule has 0 aliphatic carbocycles. The molecule has 2 nitrogen and oxygen atoms in total. The first kappa shape index (κ1) is 12.1. The van der Waals surface area contributed by atoms with Gasteiger partial charge in [0.25, 0.3) is 0 Å². The molecule has 1 atom stereocenters. The van der Waals surface area contributed by atoms with Gasteiger partial charge in [0.1, 0.15) is 13.2 Å². The highest BCUT2D eigenvalue weighted by Gasteiger charge is 2.20. The van der Waals surface area contributed by atoms with Gasteiger partial charge in [-0.3, -0.25) is 0 Å². The first-order valence-electron chi connectivity index (χ1n) is 5.89. The van der Waals surface area contributed by atoms with Gasteiger partial charge in [0.2, 0.25) is 0 Å². The van der Waals surface area contributed by atoms with Crippen LogP contribution in [0.15, 0.2) is 35.7 Å². The van der Waals surface area contributed by atoms with E-state index < -0.39 is 0 Å². The SMILES string of the molecule is BrC(Cc1cccs1)c1cccc2c1OCCO2. The van der Waals surface area contributed by atoms with E-state index in [0.29, 0.717) is 13.2 Å². The van der Waals surface area contributed by atoms with Crippen LogP contribution in [0.5, 0.6) is 11.5 Å². The van der Waals surface area contributed by atoms with E-state index >= 15 is 0 Å². The molecule has 0 fully saturated rings. The second-order valence-electron chi connectivity index (χ2n) is 4.12. The summed E-state index contributed by atoms with van der Waals surface area (Å²) in [5.74, 6) is 1.75. The Kier molecular flexibility index (Phi) is 3.57. The van der Waals surface area contributed by atoms with Crippen LogP contribution in [0.4, 0.5) is 0 Å².